The number of fused-ring (bicyclic) bond motifs is 1. The van der Waals surface area contributed by atoms with Gasteiger partial charge in [0.2, 0.25) is 5.91 Å². The zero-order valence-corrected chi connectivity index (χ0v) is 10.9. The van der Waals surface area contributed by atoms with Gasteiger partial charge in [-0.05, 0) is 24.6 Å². The second kappa shape index (κ2) is 4.20. The minimum atomic E-state index is 0.00579. The maximum Gasteiger partial charge on any atom is 0.237 e. The lowest BCUT2D eigenvalue weighted by Gasteiger charge is -2.05. The molecule has 0 bridgehead atoms. The lowest BCUT2D eigenvalue weighted by molar-refractivity contribution is 0.0912. The van der Waals surface area contributed by atoms with Gasteiger partial charge in [0.05, 0.1) is 6.42 Å². The van der Waals surface area contributed by atoms with Crippen LogP contribution in [0.15, 0.2) is 18.7 Å². The number of rotatable bonds is 2. The van der Waals surface area contributed by atoms with Crippen molar-refractivity contribution in [3.05, 3.63) is 34.9 Å². The summed E-state index contributed by atoms with van der Waals surface area (Å²) in [6.45, 7) is 3.12. The fraction of sp³-hybridized carbons (Fsp3) is 0.417. The largest absolute Gasteiger partial charge is 0.334 e. The first-order valence-electron chi connectivity index (χ1n) is 5.99. The van der Waals surface area contributed by atoms with Crippen molar-refractivity contribution in [2.75, 3.05) is 0 Å². The summed E-state index contributed by atoms with van der Waals surface area (Å²) in [5.74, 6) is 0.467. The van der Waals surface area contributed by atoms with Crippen molar-refractivity contribution < 1.29 is 4.79 Å². The maximum absolute atomic E-state index is 12.1. The molecular weight excluding hydrogens is 248 g/mol. The fourth-order valence-electron chi connectivity index (χ4n) is 2.56. The topological polar surface area (TPSA) is 55.6 Å². The van der Waals surface area contributed by atoms with Crippen LogP contribution in [0, 0.1) is 4.77 Å². The van der Waals surface area contributed by atoms with Crippen LogP contribution in [0.4, 0.5) is 0 Å². The van der Waals surface area contributed by atoms with Gasteiger partial charge in [-0.25, -0.2) is 4.98 Å². The van der Waals surface area contributed by atoms with E-state index in [0.717, 1.165) is 23.4 Å². The van der Waals surface area contributed by atoms with Crippen molar-refractivity contribution in [1.82, 2.24) is 19.1 Å². The van der Waals surface area contributed by atoms with Crippen LogP contribution in [0.25, 0.3) is 0 Å². The zero-order valence-electron chi connectivity index (χ0n) is 10.1. The van der Waals surface area contributed by atoms with Gasteiger partial charge in [0.1, 0.15) is 6.33 Å². The van der Waals surface area contributed by atoms with E-state index in [9.17, 15) is 4.79 Å². The summed E-state index contributed by atoms with van der Waals surface area (Å²) in [5.41, 5.74) is 2.14. The highest BCUT2D eigenvalue weighted by molar-refractivity contribution is 7.71. The van der Waals surface area contributed by atoms with E-state index in [0.29, 0.717) is 12.3 Å². The van der Waals surface area contributed by atoms with Gasteiger partial charge in [0.25, 0.3) is 0 Å². The Bertz CT molecular complexity index is 638. The normalized spacial score (nSPS) is 17.9. The SMILES string of the molecule is CC1CCn2c1c(CC(=O)n1ccnc1)[nH]c2=S. The Kier molecular flexibility index (Phi) is 2.66. The van der Waals surface area contributed by atoms with Crippen LogP contribution >= 0.6 is 12.2 Å². The van der Waals surface area contributed by atoms with Crippen LogP contribution in [0.1, 0.15) is 35.4 Å². The second-order valence-corrected chi connectivity index (χ2v) is 5.06. The first kappa shape index (κ1) is 11.4. The van der Waals surface area contributed by atoms with Crippen molar-refractivity contribution in [3.8, 4) is 0 Å². The Hall–Kier alpha value is -1.69. The first-order chi connectivity index (χ1) is 8.66. The lowest BCUT2D eigenvalue weighted by Crippen LogP contribution is -2.13. The molecule has 0 amide bonds. The van der Waals surface area contributed by atoms with Gasteiger partial charge >= 0.3 is 0 Å². The van der Waals surface area contributed by atoms with Crippen molar-refractivity contribution in [2.24, 2.45) is 0 Å². The summed E-state index contributed by atoms with van der Waals surface area (Å²) in [5, 5.41) is 0. The van der Waals surface area contributed by atoms with Gasteiger partial charge < -0.3 is 9.55 Å². The number of aromatic nitrogens is 4. The van der Waals surface area contributed by atoms with Crippen LogP contribution in [0.3, 0.4) is 0 Å². The Labute approximate surface area is 109 Å². The average Bonchev–Trinajstić information content (AvgIpc) is 3.00. The molecule has 0 spiro atoms. The predicted molar refractivity (Wildman–Crippen MR) is 69.2 cm³/mol. The first-order valence-corrected chi connectivity index (χ1v) is 6.40. The molecule has 1 N–H and O–H groups in total. The maximum atomic E-state index is 12.1. The highest BCUT2D eigenvalue weighted by Gasteiger charge is 2.25. The number of hydrogen-bond acceptors (Lipinski definition) is 3. The molecule has 2 aromatic rings. The van der Waals surface area contributed by atoms with Crippen LogP contribution in [-0.2, 0) is 13.0 Å². The molecule has 5 nitrogen and oxygen atoms in total. The number of aromatic amines is 1. The molecule has 1 atom stereocenters. The Morgan fingerprint density at radius 3 is 3.22 bits per heavy atom. The van der Waals surface area contributed by atoms with Crippen molar-refractivity contribution in [2.45, 2.75) is 32.2 Å². The molecule has 94 valence electrons. The molecule has 0 saturated heterocycles. The van der Waals surface area contributed by atoms with Crippen LogP contribution < -0.4 is 0 Å². The third-order valence-electron chi connectivity index (χ3n) is 3.48. The molecule has 1 unspecified atom stereocenters. The molecule has 6 heteroatoms. The molecule has 0 aromatic carbocycles. The van der Waals surface area contributed by atoms with E-state index < -0.39 is 0 Å². The van der Waals surface area contributed by atoms with E-state index in [1.165, 1.54) is 16.6 Å². The van der Waals surface area contributed by atoms with Gasteiger partial charge in [-0.2, -0.15) is 0 Å². The zero-order chi connectivity index (χ0) is 12.7. The van der Waals surface area contributed by atoms with Gasteiger partial charge in [-0.3, -0.25) is 9.36 Å². The number of nitrogens with zero attached hydrogens (tertiary/aromatic N) is 3. The molecule has 1 aliphatic heterocycles. The summed E-state index contributed by atoms with van der Waals surface area (Å²) in [7, 11) is 0. The van der Waals surface area contributed by atoms with E-state index in [1.54, 1.807) is 12.4 Å². The smallest absolute Gasteiger partial charge is 0.237 e. The van der Waals surface area contributed by atoms with Gasteiger partial charge in [0, 0.05) is 30.3 Å². The second-order valence-electron chi connectivity index (χ2n) is 4.68. The third kappa shape index (κ3) is 1.73. The third-order valence-corrected chi connectivity index (χ3v) is 3.80. The summed E-state index contributed by atoms with van der Waals surface area (Å²) in [6, 6.07) is 0. The molecule has 0 radical (unpaired) electrons. The van der Waals surface area contributed by atoms with Crippen LogP contribution in [0.2, 0.25) is 0 Å². The van der Waals surface area contributed by atoms with Gasteiger partial charge in [0.15, 0.2) is 4.77 Å². The quantitative estimate of drug-likeness (QED) is 0.844. The Morgan fingerprint density at radius 2 is 2.50 bits per heavy atom. The van der Waals surface area contributed by atoms with Gasteiger partial charge in [-0.1, -0.05) is 6.92 Å². The standard InChI is InChI=1S/C12H14N4OS/c1-8-2-4-16-11(8)9(14-12(16)18)6-10(17)15-5-3-13-7-15/h3,5,7-8H,2,4,6H2,1H3,(H,14,18). The van der Waals surface area contributed by atoms with Crippen LogP contribution in [0.5, 0.6) is 0 Å². The molecule has 0 saturated carbocycles. The van der Waals surface area contributed by atoms with Crippen LogP contribution in [-0.4, -0.2) is 25.0 Å². The molecule has 3 rings (SSSR count). The summed E-state index contributed by atoms with van der Waals surface area (Å²) in [4.78, 5) is 19.1. The lowest BCUT2D eigenvalue weighted by atomic mass is 10.0. The molecule has 0 fully saturated rings. The van der Waals surface area contributed by atoms with E-state index in [1.807, 2.05) is 0 Å². The number of carbonyl (C=O) groups is 1. The van der Waals surface area contributed by atoms with Crippen molar-refractivity contribution >= 4 is 18.1 Å². The Balaban J connectivity index is 1.93. The monoisotopic (exact) mass is 262 g/mol. The number of imidazole rings is 2. The molecule has 0 aliphatic carbocycles. The number of H-pyrrole nitrogens is 1. The van der Waals surface area contributed by atoms with E-state index in [4.69, 9.17) is 12.2 Å². The summed E-state index contributed by atoms with van der Waals surface area (Å²) in [6.07, 6.45) is 6.23. The van der Waals surface area contributed by atoms with E-state index in [2.05, 4.69) is 21.5 Å². The van der Waals surface area contributed by atoms with Gasteiger partial charge in [-0.15, -0.1) is 0 Å². The number of nitrogens with one attached hydrogen (secondary N) is 1. The average molecular weight is 262 g/mol. The van der Waals surface area contributed by atoms with E-state index in [-0.39, 0.29) is 5.91 Å². The molecule has 3 heterocycles. The Morgan fingerprint density at radius 1 is 1.67 bits per heavy atom. The number of carbonyl (C=O) groups excluding carboxylic acids is 1. The molecule has 2 aromatic heterocycles. The highest BCUT2D eigenvalue weighted by atomic mass is 32.1. The molecule has 18 heavy (non-hydrogen) atoms. The summed E-state index contributed by atoms with van der Waals surface area (Å²) < 4.78 is 4.33. The van der Waals surface area contributed by atoms with E-state index >= 15 is 0 Å². The highest BCUT2D eigenvalue weighted by Crippen LogP contribution is 2.30. The number of hydrogen-bond donors (Lipinski definition) is 1. The predicted octanol–water partition coefficient (Wildman–Crippen LogP) is 2.13. The summed E-state index contributed by atoms with van der Waals surface area (Å²) >= 11 is 5.28. The van der Waals surface area contributed by atoms with Crippen molar-refractivity contribution in [1.29, 1.82) is 0 Å². The van der Waals surface area contributed by atoms with Crippen molar-refractivity contribution in [3.63, 3.8) is 0 Å². The minimum Gasteiger partial charge on any atom is -0.334 e. The fourth-order valence-corrected chi connectivity index (χ4v) is 2.87. The molecular formula is C12H14N4OS. The molecule has 1 aliphatic rings. The minimum absolute atomic E-state index is 0.00579.